The molecule has 0 bridgehead atoms. The molecule has 0 fully saturated rings. The quantitative estimate of drug-likeness (QED) is 0.705. The van der Waals surface area contributed by atoms with Crippen LogP contribution in [0.2, 0.25) is 0 Å². The average molecular weight is 189 g/mol. The minimum absolute atomic E-state index is 0.256. The summed E-state index contributed by atoms with van der Waals surface area (Å²) in [4.78, 5) is 0. The molecule has 2 nitrogen and oxygen atoms in total. The van der Waals surface area contributed by atoms with E-state index in [9.17, 15) is 5.11 Å². The molecule has 0 aromatic heterocycles. The molecular weight excluding hydrogens is 174 g/mol. The number of benzene rings is 1. The number of fused-ring (bicyclic) bond motifs is 1. The number of hydrogen-bond acceptors (Lipinski definition) is 2. The van der Waals surface area contributed by atoms with Gasteiger partial charge in [-0.05, 0) is 18.1 Å². The van der Waals surface area contributed by atoms with Gasteiger partial charge in [-0.1, -0.05) is 36.4 Å². The highest BCUT2D eigenvalue weighted by Gasteiger charge is 2.35. The van der Waals surface area contributed by atoms with Crippen molar-refractivity contribution in [2.75, 3.05) is 0 Å². The van der Waals surface area contributed by atoms with Gasteiger partial charge in [-0.15, -0.1) is 0 Å². The topological polar surface area (TPSA) is 46.2 Å². The Bertz CT molecular complexity index is 370. The van der Waals surface area contributed by atoms with Gasteiger partial charge in [0.1, 0.15) is 5.60 Å². The summed E-state index contributed by atoms with van der Waals surface area (Å²) in [6, 6.07) is 7.59. The van der Waals surface area contributed by atoms with Crippen molar-refractivity contribution in [2.24, 2.45) is 5.73 Å². The van der Waals surface area contributed by atoms with Crippen LogP contribution in [-0.2, 0) is 5.60 Å². The molecule has 2 heteroatoms. The van der Waals surface area contributed by atoms with Crippen LogP contribution in [0.3, 0.4) is 0 Å². The van der Waals surface area contributed by atoms with Gasteiger partial charge in [0.15, 0.2) is 0 Å². The summed E-state index contributed by atoms with van der Waals surface area (Å²) in [6.07, 6.45) is 4.61. The third kappa shape index (κ3) is 1.27. The predicted octanol–water partition coefficient (Wildman–Crippen LogP) is 1.64. The second-order valence-corrected chi connectivity index (χ2v) is 3.91. The Morgan fingerprint density at radius 3 is 2.86 bits per heavy atom. The third-order valence-electron chi connectivity index (χ3n) is 2.91. The average Bonchev–Trinajstić information content (AvgIpc) is 2.18. The van der Waals surface area contributed by atoms with Crippen molar-refractivity contribution in [1.82, 2.24) is 0 Å². The summed E-state index contributed by atoms with van der Waals surface area (Å²) in [5, 5.41) is 10.4. The summed E-state index contributed by atoms with van der Waals surface area (Å²) in [7, 11) is 0. The van der Waals surface area contributed by atoms with E-state index in [0.29, 0.717) is 6.42 Å². The first kappa shape index (κ1) is 9.44. The number of rotatable bonds is 1. The second-order valence-electron chi connectivity index (χ2n) is 3.91. The summed E-state index contributed by atoms with van der Waals surface area (Å²) in [6.45, 7) is 1.84. The largest absolute Gasteiger partial charge is 0.383 e. The molecular formula is C12H15NO. The highest BCUT2D eigenvalue weighted by molar-refractivity contribution is 5.58. The lowest BCUT2D eigenvalue weighted by atomic mass is 9.79. The molecule has 2 atom stereocenters. The minimum atomic E-state index is -0.897. The molecule has 1 aliphatic carbocycles. The molecule has 14 heavy (non-hydrogen) atoms. The molecule has 0 amide bonds. The van der Waals surface area contributed by atoms with Gasteiger partial charge in [0.2, 0.25) is 0 Å². The van der Waals surface area contributed by atoms with Gasteiger partial charge in [0.05, 0.1) is 0 Å². The van der Waals surface area contributed by atoms with E-state index in [1.54, 1.807) is 0 Å². The van der Waals surface area contributed by atoms with Crippen LogP contribution in [0.15, 0.2) is 30.3 Å². The number of aliphatic hydroxyl groups is 1. The van der Waals surface area contributed by atoms with Gasteiger partial charge in [0.25, 0.3) is 0 Å². The molecule has 0 saturated heterocycles. The molecule has 1 aromatic carbocycles. The van der Waals surface area contributed by atoms with Crippen molar-refractivity contribution >= 4 is 6.08 Å². The summed E-state index contributed by atoms with van der Waals surface area (Å²) < 4.78 is 0. The summed E-state index contributed by atoms with van der Waals surface area (Å²) >= 11 is 0. The van der Waals surface area contributed by atoms with Crippen molar-refractivity contribution in [2.45, 2.75) is 25.0 Å². The smallest absolute Gasteiger partial charge is 0.108 e. The van der Waals surface area contributed by atoms with E-state index in [0.717, 1.165) is 11.1 Å². The molecule has 0 heterocycles. The molecule has 0 aliphatic heterocycles. The monoisotopic (exact) mass is 189 g/mol. The first-order valence-electron chi connectivity index (χ1n) is 4.88. The van der Waals surface area contributed by atoms with Crippen LogP contribution in [0.25, 0.3) is 6.08 Å². The van der Waals surface area contributed by atoms with E-state index in [1.807, 2.05) is 43.3 Å². The summed E-state index contributed by atoms with van der Waals surface area (Å²) in [5.74, 6) is 0. The van der Waals surface area contributed by atoms with Crippen molar-refractivity contribution in [1.29, 1.82) is 0 Å². The van der Waals surface area contributed by atoms with Gasteiger partial charge in [-0.25, -0.2) is 0 Å². The maximum atomic E-state index is 10.4. The van der Waals surface area contributed by atoms with Crippen molar-refractivity contribution in [3.05, 3.63) is 41.5 Å². The first-order chi connectivity index (χ1) is 6.64. The lowest BCUT2D eigenvalue weighted by Crippen LogP contribution is -2.44. The summed E-state index contributed by atoms with van der Waals surface area (Å²) in [5.41, 5.74) is 6.95. The molecule has 1 aliphatic rings. The van der Waals surface area contributed by atoms with Gasteiger partial charge in [-0.2, -0.15) is 0 Å². The van der Waals surface area contributed by atoms with E-state index in [2.05, 4.69) is 0 Å². The van der Waals surface area contributed by atoms with Crippen LogP contribution in [0.5, 0.6) is 0 Å². The zero-order valence-electron chi connectivity index (χ0n) is 8.27. The molecule has 0 saturated carbocycles. The SMILES string of the molecule is C[C@@H](N)[C@@]1(O)CC=Cc2ccccc21. The number of nitrogens with two attached hydrogens (primary N) is 1. The van der Waals surface area contributed by atoms with E-state index in [1.165, 1.54) is 0 Å². The van der Waals surface area contributed by atoms with Gasteiger partial charge < -0.3 is 10.8 Å². The number of hydrogen-bond donors (Lipinski definition) is 2. The van der Waals surface area contributed by atoms with Crippen LogP contribution >= 0.6 is 0 Å². The predicted molar refractivity (Wildman–Crippen MR) is 57.6 cm³/mol. The van der Waals surface area contributed by atoms with E-state index >= 15 is 0 Å². The Morgan fingerprint density at radius 1 is 1.43 bits per heavy atom. The van der Waals surface area contributed by atoms with Gasteiger partial charge in [0, 0.05) is 12.5 Å². The molecule has 74 valence electrons. The van der Waals surface area contributed by atoms with E-state index < -0.39 is 5.60 Å². The fourth-order valence-electron chi connectivity index (χ4n) is 1.94. The van der Waals surface area contributed by atoms with Gasteiger partial charge in [-0.3, -0.25) is 0 Å². The Labute approximate surface area is 84.1 Å². The third-order valence-corrected chi connectivity index (χ3v) is 2.91. The van der Waals surface area contributed by atoms with Crippen LogP contribution < -0.4 is 5.73 Å². The van der Waals surface area contributed by atoms with E-state index in [-0.39, 0.29) is 6.04 Å². The molecule has 0 spiro atoms. The maximum Gasteiger partial charge on any atom is 0.108 e. The van der Waals surface area contributed by atoms with Crippen LogP contribution in [-0.4, -0.2) is 11.1 Å². The van der Waals surface area contributed by atoms with Crippen LogP contribution in [0.1, 0.15) is 24.5 Å². The second kappa shape index (κ2) is 3.23. The Balaban J connectivity index is 2.56. The molecule has 0 unspecified atom stereocenters. The maximum absolute atomic E-state index is 10.4. The molecule has 2 rings (SSSR count). The fourth-order valence-corrected chi connectivity index (χ4v) is 1.94. The zero-order chi connectivity index (χ0) is 10.2. The first-order valence-corrected chi connectivity index (χ1v) is 4.88. The van der Waals surface area contributed by atoms with Crippen LogP contribution in [0, 0.1) is 0 Å². The van der Waals surface area contributed by atoms with Crippen molar-refractivity contribution in [3.63, 3.8) is 0 Å². The Morgan fingerprint density at radius 2 is 2.14 bits per heavy atom. The highest BCUT2D eigenvalue weighted by Crippen LogP contribution is 2.35. The molecule has 1 aromatic rings. The lowest BCUT2D eigenvalue weighted by Gasteiger charge is -2.35. The van der Waals surface area contributed by atoms with Crippen LogP contribution in [0.4, 0.5) is 0 Å². The van der Waals surface area contributed by atoms with Crippen molar-refractivity contribution < 1.29 is 5.11 Å². The lowest BCUT2D eigenvalue weighted by molar-refractivity contribution is 0.0168. The molecule has 3 N–H and O–H groups in total. The van der Waals surface area contributed by atoms with E-state index in [4.69, 9.17) is 5.73 Å². The molecule has 0 radical (unpaired) electrons. The van der Waals surface area contributed by atoms with Gasteiger partial charge >= 0.3 is 0 Å². The minimum Gasteiger partial charge on any atom is -0.383 e. The Kier molecular flexibility index (Phi) is 2.17. The standard InChI is InChI=1S/C12H15NO/c1-9(13)12(14)8-4-6-10-5-2-3-7-11(10)12/h2-7,9,14H,8,13H2,1H3/t9-,12+/m1/s1. The highest BCUT2D eigenvalue weighted by atomic mass is 16.3. The zero-order valence-corrected chi connectivity index (χ0v) is 8.27. The fraction of sp³-hybridized carbons (Fsp3) is 0.333. The normalized spacial score (nSPS) is 27.1. The van der Waals surface area contributed by atoms with Crippen molar-refractivity contribution in [3.8, 4) is 0 Å². The Hall–Kier alpha value is -1.12.